The third kappa shape index (κ3) is 5.88. The van der Waals surface area contributed by atoms with E-state index in [1.54, 1.807) is 0 Å². The van der Waals surface area contributed by atoms with E-state index in [9.17, 15) is 4.79 Å². The molecule has 106 valence electrons. The van der Waals surface area contributed by atoms with E-state index in [1.807, 2.05) is 18.2 Å². The summed E-state index contributed by atoms with van der Waals surface area (Å²) in [6.07, 6.45) is 4.79. The van der Waals surface area contributed by atoms with Gasteiger partial charge in [-0.05, 0) is 36.9 Å². The number of hydrogen-bond donors (Lipinski definition) is 2. The highest BCUT2D eigenvalue weighted by molar-refractivity contribution is 5.91. The largest absolute Gasteiger partial charge is 0.330 e. The van der Waals surface area contributed by atoms with Crippen molar-refractivity contribution in [2.24, 2.45) is 5.73 Å². The van der Waals surface area contributed by atoms with E-state index in [4.69, 9.17) is 5.73 Å². The van der Waals surface area contributed by atoms with Crippen LogP contribution in [-0.2, 0) is 4.79 Å². The zero-order valence-corrected chi connectivity index (χ0v) is 12.1. The number of benzene rings is 1. The van der Waals surface area contributed by atoms with Crippen LogP contribution in [0.25, 0.3) is 0 Å². The number of nitrogens with two attached hydrogens (primary N) is 1. The van der Waals surface area contributed by atoms with E-state index in [-0.39, 0.29) is 5.91 Å². The Bertz CT molecular complexity index is 388. The Hall–Kier alpha value is -1.35. The summed E-state index contributed by atoms with van der Waals surface area (Å²) in [5, 5.41) is 3.02. The number of carbonyl (C=O) groups excluding carboxylic acids is 1. The predicted molar refractivity (Wildman–Crippen MR) is 81.3 cm³/mol. The van der Waals surface area contributed by atoms with Crippen molar-refractivity contribution in [1.82, 2.24) is 0 Å². The molecule has 3 N–H and O–H groups in total. The molecule has 0 aliphatic carbocycles. The van der Waals surface area contributed by atoms with Gasteiger partial charge in [0.25, 0.3) is 0 Å². The Balaban J connectivity index is 2.40. The van der Waals surface area contributed by atoms with Gasteiger partial charge in [0, 0.05) is 12.1 Å². The average Bonchev–Trinajstić information content (AvgIpc) is 2.39. The van der Waals surface area contributed by atoms with Gasteiger partial charge in [-0.25, -0.2) is 0 Å². The lowest BCUT2D eigenvalue weighted by Gasteiger charge is -2.13. The highest BCUT2D eigenvalue weighted by atomic mass is 16.1. The maximum Gasteiger partial charge on any atom is 0.224 e. The lowest BCUT2D eigenvalue weighted by atomic mass is 10.0. The lowest BCUT2D eigenvalue weighted by Crippen LogP contribution is -2.13. The number of nitrogens with one attached hydrogen (secondary N) is 1. The molecule has 3 nitrogen and oxygen atoms in total. The second-order valence-electron chi connectivity index (χ2n) is 5.24. The van der Waals surface area contributed by atoms with E-state index >= 15 is 0 Å². The zero-order chi connectivity index (χ0) is 14.1. The maximum absolute atomic E-state index is 11.9. The number of amides is 1. The molecule has 1 aromatic rings. The summed E-state index contributed by atoms with van der Waals surface area (Å²) in [5.74, 6) is 0.530. The van der Waals surface area contributed by atoms with Crippen molar-refractivity contribution in [1.29, 1.82) is 0 Å². The fourth-order valence-corrected chi connectivity index (χ4v) is 2.11. The highest BCUT2D eigenvalue weighted by Crippen LogP contribution is 2.23. The van der Waals surface area contributed by atoms with Crippen LogP contribution in [0.15, 0.2) is 24.3 Å². The predicted octanol–water partition coefficient (Wildman–Crippen LogP) is 3.66. The Morgan fingerprint density at radius 3 is 2.53 bits per heavy atom. The van der Waals surface area contributed by atoms with Crippen LogP contribution >= 0.6 is 0 Å². The molecule has 0 aliphatic heterocycles. The van der Waals surface area contributed by atoms with Crippen LogP contribution in [0, 0.1) is 0 Å². The molecule has 0 radical (unpaired) electrons. The monoisotopic (exact) mass is 262 g/mol. The van der Waals surface area contributed by atoms with Gasteiger partial charge in [0.05, 0.1) is 0 Å². The summed E-state index contributed by atoms with van der Waals surface area (Å²) in [4.78, 5) is 11.9. The molecule has 0 saturated heterocycles. The number of carbonyl (C=O) groups is 1. The molecule has 0 heterocycles. The van der Waals surface area contributed by atoms with Gasteiger partial charge in [-0.1, -0.05) is 44.9 Å². The van der Waals surface area contributed by atoms with Crippen molar-refractivity contribution in [2.75, 3.05) is 11.9 Å². The summed E-state index contributed by atoms with van der Waals surface area (Å²) in [6.45, 7) is 5.02. The molecular formula is C16H26N2O. The maximum atomic E-state index is 11.9. The van der Waals surface area contributed by atoms with Crippen molar-refractivity contribution >= 4 is 11.6 Å². The smallest absolute Gasteiger partial charge is 0.224 e. The Labute approximate surface area is 116 Å². The van der Waals surface area contributed by atoms with Gasteiger partial charge in [-0.15, -0.1) is 0 Å². The molecule has 0 fully saturated rings. The van der Waals surface area contributed by atoms with Crippen molar-refractivity contribution in [3.8, 4) is 0 Å². The average molecular weight is 262 g/mol. The molecule has 0 aliphatic rings. The minimum absolute atomic E-state index is 0.112. The Kier molecular flexibility index (Phi) is 7.19. The molecule has 0 unspecified atom stereocenters. The van der Waals surface area contributed by atoms with Crippen molar-refractivity contribution in [2.45, 2.75) is 51.9 Å². The summed E-state index contributed by atoms with van der Waals surface area (Å²) < 4.78 is 0. The fourth-order valence-electron chi connectivity index (χ4n) is 2.11. The molecule has 1 aromatic carbocycles. The zero-order valence-electron chi connectivity index (χ0n) is 12.1. The first kappa shape index (κ1) is 15.7. The van der Waals surface area contributed by atoms with Crippen LogP contribution < -0.4 is 11.1 Å². The van der Waals surface area contributed by atoms with Gasteiger partial charge in [-0.2, -0.15) is 0 Å². The van der Waals surface area contributed by atoms with Crippen LogP contribution in [0.4, 0.5) is 5.69 Å². The Morgan fingerprint density at radius 2 is 1.84 bits per heavy atom. The van der Waals surface area contributed by atoms with Crippen LogP contribution in [0.2, 0.25) is 0 Å². The van der Waals surface area contributed by atoms with Crippen LogP contribution in [0.1, 0.15) is 57.4 Å². The van der Waals surface area contributed by atoms with Gasteiger partial charge in [0.1, 0.15) is 0 Å². The molecule has 0 saturated carbocycles. The molecule has 3 heteroatoms. The first-order valence-corrected chi connectivity index (χ1v) is 7.24. The van der Waals surface area contributed by atoms with Crippen LogP contribution in [-0.4, -0.2) is 12.5 Å². The quantitative estimate of drug-likeness (QED) is 0.702. The molecular weight excluding hydrogens is 236 g/mol. The van der Waals surface area contributed by atoms with Crippen LogP contribution in [0.5, 0.6) is 0 Å². The molecule has 1 rings (SSSR count). The molecule has 0 bridgehead atoms. The second-order valence-corrected chi connectivity index (χ2v) is 5.24. The third-order valence-corrected chi connectivity index (χ3v) is 3.21. The number of rotatable bonds is 8. The highest BCUT2D eigenvalue weighted by Gasteiger charge is 2.08. The summed E-state index contributed by atoms with van der Waals surface area (Å²) in [5.41, 5.74) is 7.58. The second kappa shape index (κ2) is 8.70. The lowest BCUT2D eigenvalue weighted by molar-refractivity contribution is -0.116. The van der Waals surface area contributed by atoms with Gasteiger partial charge in [-0.3, -0.25) is 4.79 Å². The topological polar surface area (TPSA) is 55.1 Å². The summed E-state index contributed by atoms with van der Waals surface area (Å²) >= 11 is 0. The molecule has 1 amide bonds. The summed E-state index contributed by atoms with van der Waals surface area (Å²) in [7, 11) is 0. The van der Waals surface area contributed by atoms with E-state index < -0.39 is 0 Å². The number of hydrogen-bond acceptors (Lipinski definition) is 2. The van der Waals surface area contributed by atoms with Gasteiger partial charge < -0.3 is 11.1 Å². The fraction of sp³-hybridized carbons (Fsp3) is 0.562. The van der Waals surface area contributed by atoms with Crippen molar-refractivity contribution < 1.29 is 4.79 Å². The summed E-state index contributed by atoms with van der Waals surface area (Å²) in [6, 6.07) is 8.02. The first-order valence-electron chi connectivity index (χ1n) is 7.24. The van der Waals surface area contributed by atoms with Crippen molar-refractivity contribution in [3.63, 3.8) is 0 Å². The first-order chi connectivity index (χ1) is 9.15. The standard InChI is InChI=1S/C16H26N2O/c1-13(2)14-9-6-7-10-15(14)18-16(19)11-5-3-4-8-12-17/h6-7,9-10,13H,3-5,8,11-12,17H2,1-2H3,(H,18,19). The normalized spacial score (nSPS) is 10.7. The number of para-hydroxylation sites is 1. The molecule has 0 spiro atoms. The Morgan fingerprint density at radius 1 is 1.16 bits per heavy atom. The minimum Gasteiger partial charge on any atom is -0.330 e. The van der Waals surface area contributed by atoms with Gasteiger partial charge >= 0.3 is 0 Å². The molecule has 0 atom stereocenters. The van der Waals surface area contributed by atoms with Gasteiger partial charge in [0.2, 0.25) is 5.91 Å². The SMILES string of the molecule is CC(C)c1ccccc1NC(=O)CCCCCCN. The van der Waals surface area contributed by atoms with E-state index in [1.165, 1.54) is 5.56 Å². The molecule has 19 heavy (non-hydrogen) atoms. The number of anilines is 1. The number of unbranched alkanes of at least 4 members (excludes halogenated alkanes) is 3. The van der Waals surface area contributed by atoms with E-state index in [0.29, 0.717) is 12.3 Å². The van der Waals surface area contributed by atoms with Gasteiger partial charge in [0.15, 0.2) is 0 Å². The van der Waals surface area contributed by atoms with E-state index in [2.05, 4.69) is 25.2 Å². The van der Waals surface area contributed by atoms with Crippen LogP contribution in [0.3, 0.4) is 0 Å². The molecule has 0 aromatic heterocycles. The van der Waals surface area contributed by atoms with Crippen molar-refractivity contribution in [3.05, 3.63) is 29.8 Å². The minimum atomic E-state index is 0.112. The van der Waals surface area contributed by atoms with E-state index in [0.717, 1.165) is 37.9 Å². The third-order valence-electron chi connectivity index (χ3n) is 3.21.